The van der Waals surface area contributed by atoms with E-state index >= 15 is 0 Å². The molecule has 0 saturated heterocycles. The number of benzene rings is 1. The largest absolute Gasteiger partial charge is 0.382 e. The van der Waals surface area contributed by atoms with Gasteiger partial charge in [-0.05, 0) is 49.1 Å². The van der Waals surface area contributed by atoms with E-state index in [4.69, 9.17) is 0 Å². The molecule has 2 aromatic rings. The number of hydrogen-bond acceptors (Lipinski definition) is 4. The second-order valence-electron chi connectivity index (χ2n) is 7.11. The fourth-order valence-corrected chi connectivity index (χ4v) is 3.21. The Hall–Kier alpha value is -2.08. The highest BCUT2D eigenvalue weighted by Gasteiger charge is 2.18. The van der Waals surface area contributed by atoms with Crippen LogP contribution in [0.4, 0.5) is 11.5 Å². The number of sulfonamides is 1. The average Bonchev–Trinajstić information content (AvgIpc) is 2.48. The standard InChI is InChI=1S/C18H25N3O2S/c1-13(2)20-15-8-11-17(19-12-15)21-24(22,23)16-9-6-14(7-10-16)18(3,4)5/h6-13,20H,1-5H3,(H,19,21). The van der Waals surface area contributed by atoms with Gasteiger partial charge in [0.2, 0.25) is 0 Å². The molecular weight excluding hydrogens is 322 g/mol. The van der Waals surface area contributed by atoms with Crippen LogP contribution in [0.25, 0.3) is 0 Å². The number of hydrogen-bond donors (Lipinski definition) is 2. The van der Waals surface area contributed by atoms with Crippen LogP contribution in [-0.2, 0) is 15.4 Å². The smallest absolute Gasteiger partial charge is 0.263 e. The van der Waals surface area contributed by atoms with Crippen LogP contribution in [0.3, 0.4) is 0 Å². The van der Waals surface area contributed by atoms with Gasteiger partial charge < -0.3 is 5.32 Å². The Morgan fingerprint density at radius 2 is 1.62 bits per heavy atom. The van der Waals surface area contributed by atoms with Crippen molar-refractivity contribution in [3.63, 3.8) is 0 Å². The third-order valence-corrected chi connectivity index (χ3v) is 4.86. The topological polar surface area (TPSA) is 71.1 Å². The number of nitrogens with zero attached hydrogens (tertiary/aromatic N) is 1. The van der Waals surface area contributed by atoms with Crippen molar-refractivity contribution in [2.75, 3.05) is 10.0 Å². The van der Waals surface area contributed by atoms with Crippen LogP contribution in [0.15, 0.2) is 47.5 Å². The van der Waals surface area contributed by atoms with Crippen LogP contribution in [0.2, 0.25) is 0 Å². The van der Waals surface area contributed by atoms with E-state index < -0.39 is 10.0 Å². The molecule has 0 aliphatic rings. The second kappa shape index (κ2) is 6.81. The quantitative estimate of drug-likeness (QED) is 0.857. The lowest BCUT2D eigenvalue weighted by Gasteiger charge is -2.19. The molecule has 1 aromatic heterocycles. The molecule has 24 heavy (non-hydrogen) atoms. The fourth-order valence-electron chi connectivity index (χ4n) is 2.20. The lowest BCUT2D eigenvalue weighted by Crippen LogP contribution is -2.16. The second-order valence-corrected chi connectivity index (χ2v) is 8.79. The predicted octanol–water partition coefficient (Wildman–Crippen LogP) is 4.00. The highest BCUT2D eigenvalue weighted by molar-refractivity contribution is 7.92. The molecule has 0 radical (unpaired) electrons. The van der Waals surface area contributed by atoms with Gasteiger partial charge in [-0.25, -0.2) is 13.4 Å². The van der Waals surface area contributed by atoms with Gasteiger partial charge in [-0.2, -0.15) is 0 Å². The minimum atomic E-state index is -3.64. The van der Waals surface area contributed by atoms with E-state index in [0.717, 1.165) is 11.3 Å². The summed E-state index contributed by atoms with van der Waals surface area (Å²) in [6.07, 6.45) is 1.61. The lowest BCUT2D eigenvalue weighted by molar-refractivity contribution is 0.587. The van der Waals surface area contributed by atoms with Crippen LogP contribution in [0, 0.1) is 0 Å². The van der Waals surface area contributed by atoms with Crippen molar-refractivity contribution in [2.24, 2.45) is 0 Å². The Morgan fingerprint density at radius 1 is 1.00 bits per heavy atom. The summed E-state index contributed by atoms with van der Waals surface area (Å²) in [6, 6.07) is 10.7. The van der Waals surface area contributed by atoms with E-state index in [1.165, 1.54) is 0 Å². The SMILES string of the molecule is CC(C)Nc1ccc(NS(=O)(=O)c2ccc(C(C)(C)C)cc2)nc1. The molecule has 1 aromatic carbocycles. The Balaban J connectivity index is 2.16. The Morgan fingerprint density at radius 3 is 2.08 bits per heavy atom. The summed E-state index contributed by atoms with van der Waals surface area (Å²) in [5, 5.41) is 3.21. The average molecular weight is 347 g/mol. The van der Waals surface area contributed by atoms with E-state index in [0.29, 0.717) is 5.82 Å². The molecule has 2 rings (SSSR count). The first-order chi connectivity index (χ1) is 11.1. The molecule has 0 aliphatic carbocycles. The summed E-state index contributed by atoms with van der Waals surface area (Å²) in [7, 11) is -3.64. The molecule has 0 bridgehead atoms. The van der Waals surface area contributed by atoms with Gasteiger partial charge in [0.1, 0.15) is 5.82 Å². The first-order valence-electron chi connectivity index (χ1n) is 7.94. The van der Waals surface area contributed by atoms with Gasteiger partial charge >= 0.3 is 0 Å². The van der Waals surface area contributed by atoms with Gasteiger partial charge in [0, 0.05) is 6.04 Å². The zero-order chi connectivity index (χ0) is 18.0. The predicted molar refractivity (Wildman–Crippen MR) is 98.9 cm³/mol. The van der Waals surface area contributed by atoms with Crippen LogP contribution >= 0.6 is 0 Å². The van der Waals surface area contributed by atoms with Crippen molar-refractivity contribution in [2.45, 2.75) is 51.0 Å². The van der Waals surface area contributed by atoms with Crippen molar-refractivity contribution < 1.29 is 8.42 Å². The van der Waals surface area contributed by atoms with Crippen molar-refractivity contribution >= 4 is 21.5 Å². The molecule has 5 nitrogen and oxygen atoms in total. The van der Waals surface area contributed by atoms with Crippen LogP contribution in [-0.4, -0.2) is 19.4 Å². The molecular formula is C18H25N3O2S. The molecule has 0 amide bonds. The Bertz CT molecular complexity index is 775. The third-order valence-electron chi connectivity index (χ3n) is 3.49. The molecule has 0 fully saturated rings. The summed E-state index contributed by atoms with van der Waals surface area (Å²) in [5.74, 6) is 0.296. The van der Waals surface area contributed by atoms with Crippen molar-refractivity contribution in [3.05, 3.63) is 48.2 Å². The summed E-state index contributed by atoms with van der Waals surface area (Å²) in [6.45, 7) is 10.3. The summed E-state index contributed by atoms with van der Waals surface area (Å²) >= 11 is 0. The lowest BCUT2D eigenvalue weighted by atomic mass is 9.87. The Kier molecular flexibility index (Phi) is 5.18. The summed E-state index contributed by atoms with van der Waals surface area (Å²) in [5.41, 5.74) is 1.92. The number of nitrogens with one attached hydrogen (secondary N) is 2. The van der Waals surface area contributed by atoms with E-state index in [2.05, 4.69) is 35.8 Å². The summed E-state index contributed by atoms with van der Waals surface area (Å²) < 4.78 is 27.4. The van der Waals surface area contributed by atoms with E-state index in [1.807, 2.05) is 26.0 Å². The number of pyridine rings is 1. The van der Waals surface area contributed by atoms with Crippen LogP contribution in [0.1, 0.15) is 40.2 Å². The third kappa shape index (κ3) is 4.71. The maximum atomic E-state index is 12.5. The van der Waals surface area contributed by atoms with E-state index in [9.17, 15) is 8.42 Å². The van der Waals surface area contributed by atoms with Crippen LogP contribution in [0.5, 0.6) is 0 Å². The fraction of sp³-hybridized carbons (Fsp3) is 0.389. The minimum absolute atomic E-state index is 0.0173. The van der Waals surface area contributed by atoms with Gasteiger partial charge in [-0.3, -0.25) is 4.72 Å². The highest BCUT2D eigenvalue weighted by Crippen LogP contribution is 2.24. The summed E-state index contributed by atoms with van der Waals surface area (Å²) in [4.78, 5) is 4.37. The Labute approximate surface area is 144 Å². The molecule has 0 aliphatic heterocycles. The molecule has 0 atom stereocenters. The number of anilines is 2. The van der Waals surface area contributed by atoms with E-state index in [1.54, 1.807) is 30.5 Å². The first kappa shape index (κ1) is 18.3. The van der Waals surface area contributed by atoms with Gasteiger partial charge in [0.15, 0.2) is 0 Å². The molecule has 0 spiro atoms. The zero-order valence-electron chi connectivity index (χ0n) is 14.8. The van der Waals surface area contributed by atoms with Gasteiger partial charge in [0.05, 0.1) is 16.8 Å². The molecule has 2 N–H and O–H groups in total. The number of aromatic nitrogens is 1. The first-order valence-corrected chi connectivity index (χ1v) is 9.42. The van der Waals surface area contributed by atoms with Gasteiger partial charge in [-0.1, -0.05) is 32.9 Å². The van der Waals surface area contributed by atoms with Crippen LogP contribution < -0.4 is 10.0 Å². The zero-order valence-corrected chi connectivity index (χ0v) is 15.6. The van der Waals surface area contributed by atoms with Crippen molar-refractivity contribution in [1.82, 2.24) is 4.98 Å². The molecule has 1 heterocycles. The molecule has 0 saturated carbocycles. The molecule has 130 valence electrons. The normalized spacial score (nSPS) is 12.2. The van der Waals surface area contributed by atoms with Gasteiger partial charge in [-0.15, -0.1) is 0 Å². The minimum Gasteiger partial charge on any atom is -0.382 e. The van der Waals surface area contributed by atoms with E-state index in [-0.39, 0.29) is 16.4 Å². The van der Waals surface area contributed by atoms with Gasteiger partial charge in [0.25, 0.3) is 10.0 Å². The maximum absolute atomic E-state index is 12.5. The number of rotatable bonds is 5. The van der Waals surface area contributed by atoms with Crippen molar-refractivity contribution in [3.8, 4) is 0 Å². The monoisotopic (exact) mass is 347 g/mol. The highest BCUT2D eigenvalue weighted by atomic mass is 32.2. The molecule has 0 unspecified atom stereocenters. The van der Waals surface area contributed by atoms with Crippen molar-refractivity contribution in [1.29, 1.82) is 0 Å². The maximum Gasteiger partial charge on any atom is 0.263 e. The molecule has 6 heteroatoms.